The third kappa shape index (κ3) is 8.70. The molecule has 0 radical (unpaired) electrons. The summed E-state index contributed by atoms with van der Waals surface area (Å²) in [6.45, 7) is 1.03. The highest BCUT2D eigenvalue weighted by Crippen LogP contribution is 2.09. The average Bonchev–Trinajstić information content (AvgIpc) is 1.98. The number of hydrogen-bond acceptors (Lipinski definition) is 3. The quantitative estimate of drug-likeness (QED) is 0.345. The molecule has 0 aromatic rings. The first-order valence-electron chi connectivity index (χ1n) is 3.29. The Balaban J connectivity index is 2.89. The first-order valence-corrected chi connectivity index (χ1v) is 4.74. The predicted molar refractivity (Wildman–Crippen MR) is 44.9 cm³/mol. The number of hydrogen-bond donors (Lipinski definition) is 2. The minimum Gasteiger partial charge on any atom is -0.394 e. The Morgan fingerprint density at radius 3 is 3.00 bits per heavy atom. The second-order valence-corrected chi connectivity index (χ2v) is 3.45. The molecule has 0 aliphatic rings. The van der Waals surface area contributed by atoms with Crippen LogP contribution in [0.2, 0.25) is 0 Å². The van der Waals surface area contributed by atoms with Gasteiger partial charge in [0, 0.05) is 5.49 Å². The summed E-state index contributed by atoms with van der Waals surface area (Å²) in [5.41, 5.74) is 0.637. The van der Waals surface area contributed by atoms with Crippen molar-refractivity contribution in [1.29, 1.82) is 1.28 Å². The molecule has 0 rings (SSSR count). The zero-order valence-corrected chi connectivity index (χ0v) is 7.07. The van der Waals surface area contributed by atoms with E-state index in [1.54, 1.807) is 0 Å². The Hall–Kier alpha value is 0.700. The van der Waals surface area contributed by atoms with Gasteiger partial charge in [-0.2, -0.15) is 12.6 Å². The van der Waals surface area contributed by atoms with E-state index >= 15 is 0 Å². The summed E-state index contributed by atoms with van der Waals surface area (Å²) in [5, 5.41) is 8.31. The van der Waals surface area contributed by atoms with Gasteiger partial charge in [-0.1, -0.05) is 0 Å². The molecule has 0 saturated carbocycles. The molecule has 1 atom stereocenters. The molecule has 56 valence electrons. The van der Waals surface area contributed by atoms with Crippen LogP contribution in [0.25, 0.3) is 0 Å². The third-order valence-electron chi connectivity index (χ3n) is 0.729. The van der Waals surface area contributed by atoms with E-state index in [9.17, 15) is 0 Å². The zero-order valence-electron chi connectivity index (χ0n) is 6.29. The maximum absolute atomic E-state index is 8.31. The van der Waals surface area contributed by atoms with Crippen molar-refractivity contribution in [3.8, 4) is 0 Å². The molecule has 0 fully saturated rings. The Labute approximate surface area is 64.5 Å². The highest BCUT2D eigenvalue weighted by Gasteiger charge is 1.85. The second kappa shape index (κ2) is 8.70. The van der Waals surface area contributed by atoms with E-state index in [0.717, 1.165) is 6.16 Å². The van der Waals surface area contributed by atoms with E-state index in [-0.39, 0.29) is 6.61 Å². The highest BCUT2D eigenvalue weighted by atomic mass is 32.1. The summed E-state index contributed by atoms with van der Waals surface area (Å²) in [6.07, 6.45) is 0.763. The van der Waals surface area contributed by atoms with E-state index in [1.807, 2.05) is 0 Å². The number of thiol groups is 1. The summed E-state index contributed by atoms with van der Waals surface area (Å²) < 4.78 is 12.3. The van der Waals surface area contributed by atoms with Crippen molar-refractivity contribution >= 4 is 21.2 Å². The summed E-state index contributed by atoms with van der Waals surface area (Å²) in [4.78, 5) is 0. The van der Waals surface area contributed by atoms with E-state index in [0.29, 0.717) is 18.7 Å². The Bertz CT molecular complexity index is 76.7. The van der Waals surface area contributed by atoms with Crippen molar-refractivity contribution in [2.45, 2.75) is 0 Å². The van der Waals surface area contributed by atoms with Crippen LogP contribution in [0.15, 0.2) is 0 Å². The number of aliphatic hydroxyl groups is 1. The van der Waals surface area contributed by atoms with Crippen LogP contribution in [0.1, 0.15) is 0 Å². The van der Waals surface area contributed by atoms with Gasteiger partial charge >= 0.3 is 0 Å². The molecule has 4 heteroatoms. The van der Waals surface area contributed by atoms with Crippen molar-refractivity contribution in [2.24, 2.45) is 0 Å². The number of rotatable bonds is 6. The summed E-state index contributed by atoms with van der Waals surface area (Å²) in [6, 6.07) is 0. The minimum absolute atomic E-state index is 0.0663. The maximum atomic E-state index is 8.31. The molecular formula is C5H13O2PS. The summed E-state index contributed by atoms with van der Waals surface area (Å²) >= 11 is 3.98. The third-order valence-corrected chi connectivity index (χ3v) is 2.03. The molecular weight excluding hydrogens is 155 g/mol. The smallest absolute Gasteiger partial charge is 0.0697 e. The van der Waals surface area contributed by atoms with Crippen LogP contribution < -0.4 is 0 Å². The number of aliphatic hydroxyl groups excluding tert-OH is 1. The average molecular weight is 169 g/mol. The molecule has 0 heterocycles. The monoisotopic (exact) mass is 169 g/mol. The van der Waals surface area contributed by atoms with Gasteiger partial charge in [-0.05, 0) is 6.16 Å². The zero-order chi connectivity index (χ0) is 7.82. The van der Waals surface area contributed by atoms with Crippen molar-refractivity contribution in [3.63, 3.8) is 0 Å². The highest BCUT2D eigenvalue weighted by molar-refractivity contribution is 7.86. The standard InChI is InChI=1S/C5H13O2PS/c6-1-2-7-3-4-8-5-9/h6,8-9H,1-5H2/i8D. The van der Waals surface area contributed by atoms with E-state index < -0.39 is 8.53 Å². The lowest BCUT2D eigenvalue weighted by atomic mass is 10.7. The first-order chi connectivity index (χ1) is 4.81. The predicted octanol–water partition coefficient (Wildman–Crippen LogP) is 0.561. The molecule has 0 bridgehead atoms. The fraction of sp³-hybridized carbons (Fsp3) is 1.00. The molecule has 1 N–H and O–H groups in total. The van der Waals surface area contributed by atoms with Crippen LogP contribution >= 0.6 is 21.2 Å². The van der Waals surface area contributed by atoms with Gasteiger partial charge in [0.1, 0.15) is 0 Å². The van der Waals surface area contributed by atoms with Crippen LogP contribution in [0.3, 0.4) is 0 Å². The molecule has 0 aliphatic heterocycles. The van der Waals surface area contributed by atoms with Gasteiger partial charge in [0.2, 0.25) is 0 Å². The number of ether oxygens (including phenoxy) is 1. The molecule has 0 amide bonds. The fourth-order valence-corrected chi connectivity index (χ4v) is 1.19. The van der Waals surface area contributed by atoms with Crippen LogP contribution in [-0.4, -0.2) is 37.9 Å². The Morgan fingerprint density at radius 1 is 1.67 bits per heavy atom. The molecule has 0 saturated heterocycles. The Kier molecular flexibility index (Phi) is 7.54. The maximum Gasteiger partial charge on any atom is 0.0697 e. The topological polar surface area (TPSA) is 29.5 Å². The van der Waals surface area contributed by atoms with Gasteiger partial charge in [-0.3, -0.25) is 0 Å². The van der Waals surface area contributed by atoms with Gasteiger partial charge in [-0.15, -0.1) is 8.53 Å². The summed E-state index contributed by atoms with van der Waals surface area (Å²) in [5.74, 6) is 0. The van der Waals surface area contributed by atoms with E-state index in [2.05, 4.69) is 12.6 Å². The van der Waals surface area contributed by atoms with E-state index in [4.69, 9.17) is 11.1 Å². The summed E-state index contributed by atoms with van der Waals surface area (Å²) in [7, 11) is -0.687. The molecule has 1 unspecified atom stereocenters. The first kappa shape index (κ1) is 7.80. The van der Waals surface area contributed by atoms with E-state index in [1.165, 1.54) is 0 Å². The van der Waals surface area contributed by atoms with Gasteiger partial charge in [0.25, 0.3) is 0 Å². The lowest BCUT2D eigenvalue weighted by Crippen LogP contribution is -2.01. The van der Waals surface area contributed by atoms with Crippen LogP contribution in [0, 0.1) is 0 Å². The SMILES string of the molecule is [2H]P(CS)CCOCCO. The van der Waals surface area contributed by atoms with Crippen LogP contribution in [0.4, 0.5) is 0 Å². The largest absolute Gasteiger partial charge is 0.394 e. The van der Waals surface area contributed by atoms with Gasteiger partial charge in [0.05, 0.1) is 21.1 Å². The molecule has 0 aromatic carbocycles. The van der Waals surface area contributed by atoms with Crippen molar-refractivity contribution in [3.05, 3.63) is 0 Å². The van der Waals surface area contributed by atoms with Crippen molar-refractivity contribution < 1.29 is 9.84 Å². The molecule has 0 aromatic heterocycles. The minimum atomic E-state index is -0.687. The van der Waals surface area contributed by atoms with Gasteiger partial charge in [0.15, 0.2) is 0 Å². The molecule has 2 nitrogen and oxygen atoms in total. The molecule has 9 heavy (non-hydrogen) atoms. The molecule has 0 spiro atoms. The lowest BCUT2D eigenvalue weighted by Gasteiger charge is -1.99. The van der Waals surface area contributed by atoms with Crippen molar-refractivity contribution in [1.82, 2.24) is 0 Å². The van der Waals surface area contributed by atoms with Crippen LogP contribution in [0.5, 0.6) is 0 Å². The van der Waals surface area contributed by atoms with Gasteiger partial charge in [-0.25, -0.2) is 0 Å². The van der Waals surface area contributed by atoms with Crippen LogP contribution in [-0.2, 0) is 4.74 Å². The van der Waals surface area contributed by atoms with Gasteiger partial charge < -0.3 is 9.84 Å². The second-order valence-electron chi connectivity index (χ2n) is 1.42. The lowest BCUT2D eigenvalue weighted by molar-refractivity contribution is 0.103. The molecule has 0 aliphatic carbocycles. The fourth-order valence-electron chi connectivity index (χ4n) is 0.366. The normalized spacial score (nSPS) is 15.1. The van der Waals surface area contributed by atoms with Crippen molar-refractivity contribution in [2.75, 3.05) is 31.5 Å². The Morgan fingerprint density at radius 2 is 2.44 bits per heavy atom.